The molecule has 122 valence electrons. The van der Waals surface area contributed by atoms with Gasteiger partial charge in [0, 0.05) is 5.71 Å². The van der Waals surface area contributed by atoms with Crippen LogP contribution in [0, 0.1) is 0 Å². The van der Waals surface area contributed by atoms with Crippen LogP contribution in [0.4, 0.5) is 0 Å². The Kier molecular flexibility index (Phi) is 6.51. The van der Waals surface area contributed by atoms with Crippen LogP contribution in [-0.4, -0.2) is 5.71 Å². The topological polar surface area (TPSA) is 12.4 Å². The maximum atomic E-state index is 4.66. The molecule has 0 heterocycles. The minimum absolute atomic E-state index is 0.790. The number of rotatable bonds is 6. The average Bonchev–Trinajstić information content (AvgIpc) is 2.62. The van der Waals surface area contributed by atoms with Gasteiger partial charge in [0.05, 0.1) is 5.70 Å². The number of allylic oxidation sites excluding steroid dienone is 4. The van der Waals surface area contributed by atoms with Crippen LogP contribution in [0.2, 0.25) is 0 Å². The first-order chi connectivity index (χ1) is 11.7. The Balaban J connectivity index is 2.22. The molecule has 0 bridgehead atoms. The Hall–Kier alpha value is -2.67. The van der Waals surface area contributed by atoms with Gasteiger partial charge >= 0.3 is 0 Å². The smallest absolute Gasteiger partial charge is 0.0633 e. The molecular formula is C23H25N. The highest BCUT2D eigenvalue weighted by Crippen LogP contribution is 2.19. The molecule has 0 spiro atoms. The number of nitrogens with zero attached hydrogens (tertiary/aromatic N) is 1. The van der Waals surface area contributed by atoms with Gasteiger partial charge in [-0.1, -0.05) is 86.3 Å². The van der Waals surface area contributed by atoms with E-state index in [-0.39, 0.29) is 0 Å². The van der Waals surface area contributed by atoms with Crippen molar-refractivity contribution in [1.82, 2.24) is 0 Å². The Bertz CT molecular complexity index is 759. The van der Waals surface area contributed by atoms with Crippen molar-refractivity contribution in [2.45, 2.75) is 27.2 Å². The predicted octanol–water partition coefficient (Wildman–Crippen LogP) is 6.54. The fourth-order valence-corrected chi connectivity index (χ4v) is 2.55. The molecule has 0 atom stereocenters. The van der Waals surface area contributed by atoms with E-state index < -0.39 is 0 Å². The van der Waals surface area contributed by atoms with Crippen molar-refractivity contribution in [3.05, 3.63) is 96.1 Å². The van der Waals surface area contributed by atoms with Gasteiger partial charge in [-0.25, -0.2) is 0 Å². The van der Waals surface area contributed by atoms with Crippen LogP contribution >= 0.6 is 0 Å². The van der Waals surface area contributed by atoms with Crippen LogP contribution in [0.1, 0.15) is 43.9 Å². The van der Waals surface area contributed by atoms with Gasteiger partial charge in [0.25, 0.3) is 0 Å². The first kappa shape index (κ1) is 17.7. The second-order valence-electron chi connectivity index (χ2n) is 5.65. The molecule has 2 aromatic rings. The summed E-state index contributed by atoms with van der Waals surface area (Å²) in [6.07, 6.45) is 7.49. The average molecular weight is 315 g/mol. The lowest BCUT2D eigenvalue weighted by molar-refractivity contribution is 1.23. The standard InChI is InChI=1S/C23H25N/c1-5-10-22(11-6-2)23-16-14-21(15-17-23)19(4)24-18(3)20-12-8-7-9-13-20/h5,7-17H,3,6H2,1-2,4H3/b10-5-,22-11+,24-19?. The molecule has 0 aliphatic carbocycles. The van der Waals surface area contributed by atoms with Gasteiger partial charge in [-0.3, -0.25) is 4.99 Å². The van der Waals surface area contributed by atoms with Crippen molar-refractivity contribution in [1.29, 1.82) is 0 Å². The molecular weight excluding hydrogens is 290 g/mol. The first-order valence-electron chi connectivity index (χ1n) is 8.39. The summed E-state index contributed by atoms with van der Waals surface area (Å²) < 4.78 is 0. The third-order valence-corrected chi connectivity index (χ3v) is 3.82. The third-order valence-electron chi connectivity index (χ3n) is 3.82. The van der Waals surface area contributed by atoms with E-state index in [1.807, 2.05) is 44.2 Å². The summed E-state index contributed by atoms with van der Waals surface area (Å²) in [4.78, 5) is 4.66. The summed E-state index contributed by atoms with van der Waals surface area (Å²) in [5, 5.41) is 0. The highest BCUT2D eigenvalue weighted by atomic mass is 14.7. The van der Waals surface area contributed by atoms with Crippen LogP contribution in [0.3, 0.4) is 0 Å². The van der Waals surface area contributed by atoms with Gasteiger partial charge < -0.3 is 0 Å². The summed E-state index contributed by atoms with van der Waals surface area (Å²) in [6.45, 7) is 10.3. The molecule has 0 N–H and O–H groups in total. The third kappa shape index (κ3) is 4.66. The lowest BCUT2D eigenvalue weighted by Gasteiger charge is -2.07. The van der Waals surface area contributed by atoms with Crippen molar-refractivity contribution in [3.8, 4) is 0 Å². The minimum Gasteiger partial charge on any atom is -0.253 e. The summed E-state index contributed by atoms with van der Waals surface area (Å²) >= 11 is 0. The zero-order chi connectivity index (χ0) is 17.4. The van der Waals surface area contributed by atoms with Gasteiger partial charge in [0.2, 0.25) is 0 Å². The van der Waals surface area contributed by atoms with E-state index in [0.29, 0.717) is 0 Å². The van der Waals surface area contributed by atoms with Crippen LogP contribution < -0.4 is 0 Å². The molecule has 24 heavy (non-hydrogen) atoms. The maximum Gasteiger partial charge on any atom is 0.0633 e. The molecule has 0 fully saturated rings. The molecule has 1 nitrogen and oxygen atoms in total. The maximum absolute atomic E-state index is 4.66. The zero-order valence-electron chi connectivity index (χ0n) is 14.8. The molecule has 2 rings (SSSR count). The van der Waals surface area contributed by atoms with Gasteiger partial charge in [0.15, 0.2) is 0 Å². The molecule has 0 aliphatic heterocycles. The molecule has 0 saturated carbocycles. The number of hydrogen-bond donors (Lipinski definition) is 0. The van der Waals surface area contributed by atoms with E-state index in [9.17, 15) is 0 Å². The highest BCUT2D eigenvalue weighted by Gasteiger charge is 2.02. The molecule has 2 aromatic carbocycles. The second-order valence-corrected chi connectivity index (χ2v) is 5.65. The fraction of sp³-hybridized carbons (Fsp3) is 0.174. The van der Waals surface area contributed by atoms with Crippen LogP contribution in [0.15, 0.2) is 84.4 Å². The summed E-state index contributed by atoms with van der Waals surface area (Å²) in [7, 11) is 0. The molecule has 0 aromatic heterocycles. The van der Waals surface area contributed by atoms with E-state index in [0.717, 1.165) is 29.0 Å². The highest BCUT2D eigenvalue weighted by molar-refractivity contribution is 6.01. The lowest BCUT2D eigenvalue weighted by Crippen LogP contribution is -1.96. The summed E-state index contributed by atoms with van der Waals surface area (Å²) in [5.74, 6) is 0. The van der Waals surface area contributed by atoms with Crippen molar-refractivity contribution in [2.24, 2.45) is 4.99 Å². The Labute approximate surface area is 145 Å². The first-order valence-corrected chi connectivity index (χ1v) is 8.39. The monoisotopic (exact) mass is 315 g/mol. The fourth-order valence-electron chi connectivity index (χ4n) is 2.55. The lowest BCUT2D eigenvalue weighted by atomic mass is 10.0. The van der Waals surface area contributed by atoms with Crippen molar-refractivity contribution >= 4 is 17.0 Å². The SMILES string of the molecule is C=C(N=C(C)c1ccc(C(/C=C\C)=C/CC)cc1)c1ccccc1. The Morgan fingerprint density at radius 2 is 1.58 bits per heavy atom. The molecule has 0 unspecified atom stereocenters. The Morgan fingerprint density at radius 3 is 2.17 bits per heavy atom. The number of benzene rings is 2. The second kappa shape index (κ2) is 8.83. The largest absolute Gasteiger partial charge is 0.253 e. The zero-order valence-corrected chi connectivity index (χ0v) is 14.8. The molecule has 0 amide bonds. The van der Waals surface area contributed by atoms with E-state index >= 15 is 0 Å². The summed E-state index contributed by atoms with van der Waals surface area (Å²) in [5.41, 5.74) is 6.42. The minimum atomic E-state index is 0.790. The normalized spacial score (nSPS) is 12.6. The molecule has 1 heteroatoms. The van der Waals surface area contributed by atoms with Gasteiger partial charge in [0.1, 0.15) is 0 Å². The molecule has 0 radical (unpaired) electrons. The van der Waals surface area contributed by atoms with E-state index in [1.165, 1.54) is 11.1 Å². The van der Waals surface area contributed by atoms with Crippen LogP contribution in [0.25, 0.3) is 11.3 Å². The van der Waals surface area contributed by atoms with E-state index in [1.54, 1.807) is 0 Å². The number of aliphatic imine (C=N–C) groups is 1. The molecule has 0 saturated heterocycles. The van der Waals surface area contributed by atoms with E-state index in [4.69, 9.17) is 0 Å². The van der Waals surface area contributed by atoms with Crippen molar-refractivity contribution < 1.29 is 0 Å². The van der Waals surface area contributed by atoms with E-state index in [2.05, 4.69) is 61.0 Å². The Morgan fingerprint density at radius 1 is 0.958 bits per heavy atom. The van der Waals surface area contributed by atoms with Gasteiger partial charge in [-0.2, -0.15) is 0 Å². The van der Waals surface area contributed by atoms with Crippen LogP contribution in [-0.2, 0) is 0 Å². The van der Waals surface area contributed by atoms with Crippen molar-refractivity contribution in [3.63, 3.8) is 0 Å². The molecule has 0 aliphatic rings. The quantitative estimate of drug-likeness (QED) is 0.424. The van der Waals surface area contributed by atoms with Crippen LogP contribution in [0.5, 0.6) is 0 Å². The van der Waals surface area contributed by atoms with Gasteiger partial charge in [-0.15, -0.1) is 0 Å². The summed E-state index contributed by atoms with van der Waals surface area (Å²) in [6, 6.07) is 18.6. The van der Waals surface area contributed by atoms with Gasteiger partial charge in [-0.05, 0) is 42.5 Å². The predicted molar refractivity (Wildman–Crippen MR) is 107 cm³/mol. The number of hydrogen-bond acceptors (Lipinski definition) is 1. The van der Waals surface area contributed by atoms with Crippen molar-refractivity contribution in [2.75, 3.05) is 0 Å².